The molecule has 0 aromatic carbocycles. The van der Waals surface area contributed by atoms with E-state index in [4.69, 9.17) is 4.74 Å². The zero-order valence-electron chi connectivity index (χ0n) is 57.6. The number of esters is 1. The number of carbonyl (C=O) groups is 2. The number of aliphatic hydroxyl groups is 2. The second-order valence-corrected chi connectivity index (χ2v) is 26.7. The first-order chi connectivity index (χ1) is 42.0. The molecule has 6 heteroatoms. The van der Waals surface area contributed by atoms with E-state index in [0.29, 0.717) is 19.4 Å². The quantitative estimate of drug-likeness (QED) is 0.0320. The molecule has 0 saturated carbocycles. The monoisotopic (exact) mass is 1190 g/mol. The highest BCUT2D eigenvalue weighted by Crippen LogP contribution is 2.19. The van der Waals surface area contributed by atoms with Crippen LogP contribution in [-0.2, 0) is 14.3 Å². The van der Waals surface area contributed by atoms with Crippen molar-refractivity contribution in [1.29, 1.82) is 0 Å². The number of hydrogen-bond acceptors (Lipinski definition) is 5. The Kier molecular flexibility index (Phi) is 72.9. The summed E-state index contributed by atoms with van der Waals surface area (Å²) in [6.07, 6.45) is 96.9. The lowest BCUT2D eigenvalue weighted by molar-refractivity contribution is -0.143. The van der Waals surface area contributed by atoms with Crippen molar-refractivity contribution in [3.63, 3.8) is 0 Å². The van der Waals surface area contributed by atoms with Crippen molar-refractivity contribution >= 4 is 11.9 Å². The van der Waals surface area contributed by atoms with E-state index < -0.39 is 12.1 Å². The average molecular weight is 1200 g/mol. The maximum Gasteiger partial charge on any atom is 0.305 e. The van der Waals surface area contributed by atoms with Crippen LogP contribution in [0.25, 0.3) is 0 Å². The molecule has 0 saturated heterocycles. The zero-order chi connectivity index (χ0) is 61.3. The topological polar surface area (TPSA) is 95.9 Å². The Labute approximate surface area is 532 Å². The number of unbranched alkanes of at least 4 members (excludes halogenated alkanes) is 58. The predicted molar refractivity (Wildman–Crippen MR) is 375 cm³/mol. The molecule has 0 fully saturated rings. The predicted octanol–water partition coefficient (Wildman–Crippen LogP) is 25.4. The first kappa shape index (κ1) is 83.1. The van der Waals surface area contributed by atoms with Gasteiger partial charge in [-0.05, 0) is 83.5 Å². The lowest BCUT2D eigenvalue weighted by Crippen LogP contribution is -2.45. The van der Waals surface area contributed by atoms with Crippen molar-refractivity contribution < 1.29 is 24.5 Å². The summed E-state index contributed by atoms with van der Waals surface area (Å²) in [5, 5.41) is 23.3. The fourth-order valence-electron chi connectivity index (χ4n) is 12.2. The zero-order valence-corrected chi connectivity index (χ0v) is 57.6. The number of aliphatic hydroxyl groups excluding tert-OH is 2. The number of nitrogens with one attached hydrogen (secondary N) is 1. The molecule has 0 spiro atoms. The van der Waals surface area contributed by atoms with Crippen LogP contribution in [0.15, 0.2) is 36.5 Å². The maximum absolute atomic E-state index is 12.6. The maximum atomic E-state index is 12.6. The molecule has 2 atom stereocenters. The summed E-state index contributed by atoms with van der Waals surface area (Å²) in [6, 6.07) is -0.628. The minimum Gasteiger partial charge on any atom is -0.466 e. The summed E-state index contributed by atoms with van der Waals surface area (Å²) in [7, 11) is 0. The molecule has 0 aromatic heterocycles. The van der Waals surface area contributed by atoms with E-state index in [-0.39, 0.29) is 18.5 Å². The van der Waals surface area contributed by atoms with Gasteiger partial charge in [-0.3, -0.25) is 9.59 Å². The van der Waals surface area contributed by atoms with Gasteiger partial charge in [0.2, 0.25) is 5.91 Å². The van der Waals surface area contributed by atoms with Crippen LogP contribution in [0, 0.1) is 0 Å². The third kappa shape index (κ3) is 71.0. The normalized spacial score (nSPS) is 12.7. The SMILES string of the molecule is CCCCC/C=C\CCCCCCCC(=O)OCCCCCCCCCCCCCC/C=C\CCCCCCCCCCCCCCCCCC(=O)NC(CO)C(O)/C=C/CCCCCCCCCCCCCCCCCCCCCCCCC. The Morgan fingerprint density at radius 3 is 0.859 bits per heavy atom. The van der Waals surface area contributed by atoms with Gasteiger partial charge >= 0.3 is 5.97 Å². The Morgan fingerprint density at radius 1 is 0.318 bits per heavy atom. The van der Waals surface area contributed by atoms with Crippen LogP contribution in [-0.4, -0.2) is 47.4 Å². The minimum absolute atomic E-state index is 0.00783. The third-order valence-electron chi connectivity index (χ3n) is 18.1. The summed E-state index contributed by atoms with van der Waals surface area (Å²) in [5.41, 5.74) is 0. The number of allylic oxidation sites excluding steroid dienone is 5. The summed E-state index contributed by atoms with van der Waals surface area (Å²) in [4.78, 5) is 24.6. The summed E-state index contributed by atoms with van der Waals surface area (Å²) in [6.45, 7) is 4.92. The number of carbonyl (C=O) groups excluding carboxylic acids is 2. The Bertz CT molecular complexity index is 1380. The lowest BCUT2D eigenvalue weighted by Gasteiger charge is -2.20. The van der Waals surface area contributed by atoms with Gasteiger partial charge in [-0.1, -0.05) is 371 Å². The second-order valence-electron chi connectivity index (χ2n) is 26.7. The van der Waals surface area contributed by atoms with E-state index in [1.54, 1.807) is 6.08 Å². The van der Waals surface area contributed by atoms with Crippen molar-refractivity contribution in [3.05, 3.63) is 36.5 Å². The third-order valence-corrected chi connectivity index (χ3v) is 18.1. The molecular weight excluding hydrogens is 1040 g/mol. The van der Waals surface area contributed by atoms with Gasteiger partial charge in [0, 0.05) is 12.8 Å². The molecule has 0 heterocycles. The van der Waals surface area contributed by atoms with Crippen LogP contribution in [0.5, 0.6) is 0 Å². The van der Waals surface area contributed by atoms with Gasteiger partial charge < -0.3 is 20.3 Å². The van der Waals surface area contributed by atoms with Gasteiger partial charge in [0.1, 0.15) is 0 Å². The largest absolute Gasteiger partial charge is 0.466 e. The van der Waals surface area contributed by atoms with Crippen LogP contribution in [0.2, 0.25) is 0 Å². The molecular formula is C79H151NO5. The molecule has 0 radical (unpaired) electrons. The fraction of sp³-hybridized carbons (Fsp3) is 0.899. The van der Waals surface area contributed by atoms with Crippen molar-refractivity contribution in [3.8, 4) is 0 Å². The smallest absolute Gasteiger partial charge is 0.305 e. The van der Waals surface area contributed by atoms with Gasteiger partial charge in [-0.25, -0.2) is 0 Å². The number of ether oxygens (including phenoxy) is 1. The standard InChI is InChI=1S/C79H151NO5/c1-3-5-7-9-11-13-15-17-18-19-20-21-22-30-33-36-39-42-45-48-51-55-59-63-67-71-77(82)76(75-81)80-78(83)72-68-64-60-56-52-49-46-43-40-37-34-31-28-26-24-23-25-27-29-32-35-38-41-44-47-50-54-58-62-66-70-74-85-79(84)73-69-65-61-57-53-16-14-12-10-8-6-4-2/h12,14,25,27,67,71,76-77,81-82H,3-11,13,15-24,26,28-66,68-70,72-75H2,1-2H3,(H,80,83)/b14-12-,27-25-,71-67+. The fourth-order valence-corrected chi connectivity index (χ4v) is 12.2. The van der Waals surface area contributed by atoms with Gasteiger partial charge in [0.15, 0.2) is 0 Å². The number of hydrogen-bond donors (Lipinski definition) is 3. The molecule has 1 amide bonds. The van der Waals surface area contributed by atoms with E-state index >= 15 is 0 Å². The highest BCUT2D eigenvalue weighted by atomic mass is 16.5. The Hall–Kier alpha value is -1.92. The summed E-state index contributed by atoms with van der Waals surface area (Å²) >= 11 is 0. The van der Waals surface area contributed by atoms with E-state index in [0.717, 1.165) is 44.9 Å². The average Bonchev–Trinajstić information content (AvgIpc) is 3.51. The van der Waals surface area contributed by atoms with Crippen LogP contribution in [0.3, 0.4) is 0 Å². The highest BCUT2D eigenvalue weighted by molar-refractivity contribution is 5.76. The molecule has 0 aliphatic carbocycles. The van der Waals surface area contributed by atoms with Crippen LogP contribution in [0.1, 0.15) is 431 Å². The van der Waals surface area contributed by atoms with Crippen molar-refractivity contribution in [2.45, 2.75) is 443 Å². The Morgan fingerprint density at radius 2 is 0.553 bits per heavy atom. The molecule has 3 N–H and O–H groups in total. The molecule has 85 heavy (non-hydrogen) atoms. The van der Waals surface area contributed by atoms with Crippen molar-refractivity contribution in [2.24, 2.45) is 0 Å². The molecule has 0 rings (SSSR count). The molecule has 0 aliphatic rings. The molecule has 6 nitrogen and oxygen atoms in total. The van der Waals surface area contributed by atoms with Gasteiger partial charge in [-0.2, -0.15) is 0 Å². The van der Waals surface area contributed by atoms with Crippen LogP contribution < -0.4 is 5.32 Å². The first-order valence-electron chi connectivity index (χ1n) is 38.8. The first-order valence-corrected chi connectivity index (χ1v) is 38.8. The van der Waals surface area contributed by atoms with Gasteiger partial charge in [0.05, 0.1) is 25.4 Å². The molecule has 0 aliphatic heterocycles. The molecule has 502 valence electrons. The molecule has 2 unspecified atom stereocenters. The molecule has 0 aromatic rings. The lowest BCUT2D eigenvalue weighted by atomic mass is 10.0. The number of amides is 1. The van der Waals surface area contributed by atoms with Gasteiger partial charge in [-0.15, -0.1) is 0 Å². The van der Waals surface area contributed by atoms with Crippen molar-refractivity contribution in [1.82, 2.24) is 5.32 Å². The highest BCUT2D eigenvalue weighted by Gasteiger charge is 2.18. The van der Waals surface area contributed by atoms with E-state index in [9.17, 15) is 19.8 Å². The van der Waals surface area contributed by atoms with E-state index in [1.807, 2.05) is 6.08 Å². The summed E-state index contributed by atoms with van der Waals surface area (Å²) in [5.74, 6) is -0.0532. The van der Waals surface area contributed by atoms with E-state index in [2.05, 4.69) is 43.5 Å². The van der Waals surface area contributed by atoms with Crippen LogP contribution >= 0.6 is 0 Å². The minimum atomic E-state index is -0.845. The molecule has 0 bridgehead atoms. The van der Waals surface area contributed by atoms with Gasteiger partial charge in [0.25, 0.3) is 0 Å². The number of rotatable bonds is 73. The van der Waals surface area contributed by atoms with Crippen LogP contribution in [0.4, 0.5) is 0 Å². The second kappa shape index (κ2) is 74.5. The Balaban J connectivity index is 3.39. The van der Waals surface area contributed by atoms with Crippen molar-refractivity contribution in [2.75, 3.05) is 13.2 Å². The van der Waals surface area contributed by atoms with E-state index in [1.165, 1.54) is 360 Å². The summed E-state index contributed by atoms with van der Waals surface area (Å²) < 4.78 is 5.48.